The molecule has 0 aliphatic heterocycles. The zero-order valence-electron chi connectivity index (χ0n) is 12.1. The van der Waals surface area contributed by atoms with Crippen molar-refractivity contribution >= 4 is 28.8 Å². The van der Waals surface area contributed by atoms with E-state index < -0.39 is 5.97 Å². The van der Waals surface area contributed by atoms with Gasteiger partial charge in [0.1, 0.15) is 7.05 Å². The lowest BCUT2D eigenvalue weighted by Gasteiger charge is -2.02. The number of carboxylic acid groups (broad SMARTS) is 1. The number of aromatic carboxylic acids is 1. The van der Waals surface area contributed by atoms with Crippen LogP contribution in [0.3, 0.4) is 0 Å². The maximum Gasteiger partial charge on any atom is 0.212 e. The smallest absolute Gasteiger partial charge is 0.212 e. The highest BCUT2D eigenvalue weighted by Crippen LogP contribution is 2.16. The molecule has 4 nitrogen and oxygen atoms in total. The standard InChI is InChI=1S/C18H14N2O2/c1-20-11-10-14(16-4-2-3-5-17(16)20)12-19-15-8-6-13(7-9-15)18(21)22/h2-12H,1H3. The first-order valence-electron chi connectivity index (χ1n) is 6.88. The van der Waals surface area contributed by atoms with Crippen LogP contribution in [-0.2, 0) is 7.05 Å². The van der Waals surface area contributed by atoms with E-state index >= 15 is 0 Å². The van der Waals surface area contributed by atoms with Gasteiger partial charge >= 0.3 is 0 Å². The molecule has 2 aromatic carbocycles. The highest BCUT2D eigenvalue weighted by Gasteiger charge is 2.06. The van der Waals surface area contributed by atoms with Gasteiger partial charge in [0.05, 0.1) is 17.0 Å². The number of nitrogens with zero attached hydrogens (tertiary/aromatic N) is 2. The maximum absolute atomic E-state index is 10.7. The molecule has 0 saturated heterocycles. The number of pyridine rings is 1. The summed E-state index contributed by atoms with van der Waals surface area (Å²) in [6.07, 6.45) is 3.78. The van der Waals surface area contributed by atoms with E-state index in [0.29, 0.717) is 5.69 Å². The summed E-state index contributed by atoms with van der Waals surface area (Å²) < 4.78 is 2.06. The average molecular weight is 290 g/mol. The predicted molar refractivity (Wildman–Crippen MR) is 83.2 cm³/mol. The molecule has 0 amide bonds. The maximum atomic E-state index is 10.7. The second-order valence-electron chi connectivity index (χ2n) is 4.99. The fourth-order valence-electron chi connectivity index (χ4n) is 2.33. The van der Waals surface area contributed by atoms with Gasteiger partial charge in [-0.1, -0.05) is 24.3 Å². The quantitative estimate of drug-likeness (QED) is 0.545. The van der Waals surface area contributed by atoms with Crippen molar-refractivity contribution in [3.8, 4) is 0 Å². The molecular formula is C18H14N2O2. The molecule has 0 fully saturated rings. The number of carboxylic acids is 1. The Bertz CT molecular complexity index is 868. The third-order valence-electron chi connectivity index (χ3n) is 3.53. The van der Waals surface area contributed by atoms with Gasteiger partial charge in [-0.05, 0) is 23.8 Å². The van der Waals surface area contributed by atoms with Gasteiger partial charge in [0.15, 0.2) is 6.20 Å². The summed E-state index contributed by atoms with van der Waals surface area (Å²) in [5, 5.41) is 11.8. The summed E-state index contributed by atoms with van der Waals surface area (Å²) in [6, 6.07) is 16.4. The molecule has 22 heavy (non-hydrogen) atoms. The van der Waals surface area contributed by atoms with E-state index in [2.05, 4.69) is 21.7 Å². The van der Waals surface area contributed by atoms with Crippen molar-refractivity contribution in [1.29, 1.82) is 0 Å². The Kier molecular flexibility index (Phi) is 3.66. The van der Waals surface area contributed by atoms with Gasteiger partial charge < -0.3 is 9.90 Å². The van der Waals surface area contributed by atoms with Crippen molar-refractivity contribution in [3.63, 3.8) is 0 Å². The van der Waals surface area contributed by atoms with Crippen LogP contribution < -0.4 is 9.67 Å². The lowest BCUT2D eigenvalue weighted by molar-refractivity contribution is -0.644. The highest BCUT2D eigenvalue weighted by molar-refractivity contribution is 5.97. The molecule has 0 N–H and O–H groups in total. The highest BCUT2D eigenvalue weighted by atomic mass is 16.4. The minimum absolute atomic E-state index is 0.149. The topological polar surface area (TPSA) is 56.4 Å². The monoisotopic (exact) mass is 290 g/mol. The molecule has 3 aromatic rings. The van der Waals surface area contributed by atoms with Crippen LogP contribution in [0.4, 0.5) is 5.69 Å². The molecule has 0 bridgehead atoms. The van der Waals surface area contributed by atoms with Crippen molar-refractivity contribution in [2.45, 2.75) is 0 Å². The van der Waals surface area contributed by atoms with Gasteiger partial charge in [0, 0.05) is 23.9 Å². The Morgan fingerprint density at radius 2 is 1.82 bits per heavy atom. The van der Waals surface area contributed by atoms with Crippen LogP contribution in [0.2, 0.25) is 0 Å². The molecule has 108 valence electrons. The zero-order valence-corrected chi connectivity index (χ0v) is 12.1. The molecule has 4 heteroatoms. The Labute approximate surface area is 128 Å². The fraction of sp³-hybridized carbons (Fsp3) is 0.0556. The van der Waals surface area contributed by atoms with Crippen molar-refractivity contribution in [2.75, 3.05) is 0 Å². The summed E-state index contributed by atoms with van der Waals surface area (Å²) in [7, 11) is 2.00. The predicted octanol–water partition coefficient (Wildman–Crippen LogP) is 1.78. The van der Waals surface area contributed by atoms with E-state index in [-0.39, 0.29) is 5.56 Å². The first-order valence-corrected chi connectivity index (χ1v) is 6.88. The third kappa shape index (κ3) is 2.72. The minimum atomic E-state index is -1.18. The molecule has 1 aromatic heterocycles. The van der Waals surface area contributed by atoms with Crippen LogP contribution >= 0.6 is 0 Å². The summed E-state index contributed by atoms with van der Waals surface area (Å²) in [5.74, 6) is -1.18. The van der Waals surface area contributed by atoms with Gasteiger partial charge in [0.2, 0.25) is 5.52 Å². The molecule has 0 aliphatic rings. The Morgan fingerprint density at radius 3 is 2.55 bits per heavy atom. The molecular weight excluding hydrogens is 276 g/mol. The van der Waals surface area contributed by atoms with Crippen LogP contribution in [0.15, 0.2) is 65.8 Å². The van der Waals surface area contributed by atoms with Gasteiger partial charge in [-0.3, -0.25) is 4.99 Å². The van der Waals surface area contributed by atoms with Gasteiger partial charge in [0.25, 0.3) is 0 Å². The molecule has 3 rings (SSSR count). The van der Waals surface area contributed by atoms with Gasteiger partial charge in [-0.15, -0.1) is 0 Å². The number of hydrogen-bond donors (Lipinski definition) is 0. The number of rotatable bonds is 3. The van der Waals surface area contributed by atoms with E-state index in [1.54, 1.807) is 18.3 Å². The number of aliphatic imine (C=N–C) groups is 1. The SMILES string of the molecule is C[n+]1ccc(C=Nc2ccc(C(=O)[O-])cc2)c2ccccc21. The number of aryl methyl sites for hydroxylation is 1. The summed E-state index contributed by atoms with van der Waals surface area (Å²) in [6.45, 7) is 0. The van der Waals surface area contributed by atoms with Crippen molar-refractivity contribution in [3.05, 3.63) is 71.9 Å². The van der Waals surface area contributed by atoms with Crippen LogP contribution in [0.25, 0.3) is 10.9 Å². The van der Waals surface area contributed by atoms with E-state index in [1.165, 1.54) is 12.1 Å². The van der Waals surface area contributed by atoms with Gasteiger partial charge in [-0.25, -0.2) is 4.57 Å². The molecule has 0 saturated carbocycles. The molecule has 0 spiro atoms. The van der Waals surface area contributed by atoms with E-state index in [1.807, 2.05) is 31.4 Å². The third-order valence-corrected chi connectivity index (χ3v) is 3.53. The van der Waals surface area contributed by atoms with Crippen LogP contribution in [0.1, 0.15) is 15.9 Å². The lowest BCUT2D eigenvalue weighted by Crippen LogP contribution is -2.28. The minimum Gasteiger partial charge on any atom is -0.545 e. The number of benzene rings is 2. The Balaban J connectivity index is 1.96. The Morgan fingerprint density at radius 1 is 1.09 bits per heavy atom. The summed E-state index contributed by atoms with van der Waals surface area (Å²) in [5.41, 5.74) is 2.98. The van der Waals surface area contributed by atoms with Crippen molar-refractivity contribution in [1.82, 2.24) is 0 Å². The number of fused-ring (bicyclic) bond motifs is 1. The fourth-order valence-corrected chi connectivity index (χ4v) is 2.33. The Hall–Kier alpha value is -3.01. The normalized spacial score (nSPS) is 11.1. The van der Waals surface area contributed by atoms with Crippen molar-refractivity contribution < 1.29 is 14.5 Å². The number of para-hydroxylation sites is 1. The lowest BCUT2D eigenvalue weighted by atomic mass is 10.1. The second-order valence-corrected chi connectivity index (χ2v) is 4.99. The average Bonchev–Trinajstić information content (AvgIpc) is 2.55. The number of hydrogen-bond acceptors (Lipinski definition) is 3. The summed E-state index contributed by atoms with van der Waals surface area (Å²) >= 11 is 0. The molecule has 0 unspecified atom stereocenters. The molecule has 0 atom stereocenters. The zero-order chi connectivity index (χ0) is 15.5. The second kappa shape index (κ2) is 5.77. The van der Waals surface area contributed by atoms with Gasteiger partial charge in [-0.2, -0.15) is 0 Å². The van der Waals surface area contributed by atoms with E-state index in [4.69, 9.17) is 0 Å². The van der Waals surface area contributed by atoms with E-state index in [9.17, 15) is 9.90 Å². The number of aromatic nitrogens is 1. The van der Waals surface area contributed by atoms with Crippen LogP contribution in [0, 0.1) is 0 Å². The molecule has 0 aliphatic carbocycles. The van der Waals surface area contributed by atoms with Crippen LogP contribution in [-0.4, -0.2) is 12.2 Å². The van der Waals surface area contributed by atoms with E-state index in [0.717, 1.165) is 16.5 Å². The first-order chi connectivity index (χ1) is 10.6. The largest absolute Gasteiger partial charge is 0.545 e. The van der Waals surface area contributed by atoms with Crippen molar-refractivity contribution in [2.24, 2.45) is 12.0 Å². The van der Waals surface area contributed by atoms with Crippen LogP contribution in [0.5, 0.6) is 0 Å². The first kappa shape index (κ1) is 13.9. The number of carbonyl (C=O) groups excluding carboxylic acids is 1. The number of carbonyl (C=O) groups is 1. The molecule has 0 radical (unpaired) electrons. The molecule has 1 heterocycles. The summed E-state index contributed by atoms with van der Waals surface area (Å²) in [4.78, 5) is 15.1.